The van der Waals surface area contributed by atoms with Crippen LogP contribution in [-0.4, -0.2) is 10.5 Å². The molecule has 12 heavy (non-hydrogen) atoms. The molecule has 0 atom stereocenters. The molecule has 1 aromatic rings. The number of aryl methyl sites for hydroxylation is 1. The second-order valence-corrected chi connectivity index (χ2v) is 3.04. The zero-order valence-corrected chi connectivity index (χ0v) is 7.13. The summed E-state index contributed by atoms with van der Waals surface area (Å²) >= 11 is 1.11. The number of nitrogens with one attached hydrogen (secondary N) is 1. The lowest BCUT2D eigenvalue weighted by molar-refractivity contribution is -0.121. The van der Waals surface area contributed by atoms with Crippen LogP contribution in [0.5, 0.6) is 0 Å². The first-order chi connectivity index (χ1) is 5.74. The SMILES string of the molecule is NNC(=O)CCn1ccsc1=O. The van der Waals surface area contributed by atoms with Gasteiger partial charge in [0.15, 0.2) is 0 Å². The van der Waals surface area contributed by atoms with Gasteiger partial charge in [0.05, 0.1) is 0 Å². The highest BCUT2D eigenvalue weighted by atomic mass is 32.1. The number of hydrogen-bond donors (Lipinski definition) is 2. The Kier molecular flexibility index (Phi) is 3.01. The Bertz CT molecular complexity index is 317. The lowest BCUT2D eigenvalue weighted by atomic mass is 10.4. The molecule has 0 bridgehead atoms. The van der Waals surface area contributed by atoms with Crippen molar-refractivity contribution < 1.29 is 4.79 Å². The Morgan fingerprint density at radius 2 is 2.50 bits per heavy atom. The van der Waals surface area contributed by atoms with E-state index in [1.54, 1.807) is 11.6 Å². The highest BCUT2D eigenvalue weighted by Gasteiger charge is 2.00. The first-order valence-electron chi connectivity index (χ1n) is 3.37. The van der Waals surface area contributed by atoms with Crippen molar-refractivity contribution in [1.29, 1.82) is 0 Å². The number of nitrogens with zero attached hydrogens (tertiary/aromatic N) is 1. The topological polar surface area (TPSA) is 77.1 Å². The smallest absolute Gasteiger partial charge is 0.305 e. The van der Waals surface area contributed by atoms with E-state index in [0.29, 0.717) is 6.54 Å². The summed E-state index contributed by atoms with van der Waals surface area (Å²) in [6.45, 7) is 0.380. The van der Waals surface area contributed by atoms with Gasteiger partial charge in [-0.2, -0.15) is 0 Å². The maximum Gasteiger partial charge on any atom is 0.307 e. The number of amides is 1. The Hall–Kier alpha value is -1.14. The van der Waals surface area contributed by atoms with Gasteiger partial charge in [-0.15, -0.1) is 0 Å². The predicted molar refractivity (Wildman–Crippen MR) is 45.5 cm³/mol. The summed E-state index contributed by atoms with van der Waals surface area (Å²) in [5, 5.41) is 1.68. The van der Waals surface area contributed by atoms with Crippen LogP contribution < -0.4 is 16.1 Å². The monoisotopic (exact) mass is 187 g/mol. The number of carbonyl (C=O) groups is 1. The molecule has 66 valence electrons. The van der Waals surface area contributed by atoms with Gasteiger partial charge >= 0.3 is 4.87 Å². The van der Waals surface area contributed by atoms with E-state index in [9.17, 15) is 9.59 Å². The third-order valence-corrected chi connectivity index (χ3v) is 2.08. The van der Waals surface area contributed by atoms with Gasteiger partial charge in [-0.05, 0) is 0 Å². The van der Waals surface area contributed by atoms with Gasteiger partial charge in [0, 0.05) is 24.5 Å². The van der Waals surface area contributed by atoms with Gasteiger partial charge in [0.25, 0.3) is 0 Å². The molecular weight excluding hydrogens is 178 g/mol. The molecule has 0 radical (unpaired) electrons. The minimum Gasteiger partial charge on any atom is -0.305 e. The summed E-state index contributed by atoms with van der Waals surface area (Å²) in [7, 11) is 0. The first kappa shape index (κ1) is 8.95. The maximum atomic E-state index is 10.9. The number of thiazole rings is 1. The van der Waals surface area contributed by atoms with E-state index in [2.05, 4.69) is 0 Å². The van der Waals surface area contributed by atoms with Crippen molar-refractivity contribution in [3.8, 4) is 0 Å². The number of aromatic nitrogens is 1. The second kappa shape index (κ2) is 4.03. The molecule has 1 aromatic heterocycles. The molecule has 0 aromatic carbocycles. The molecule has 1 rings (SSSR count). The lowest BCUT2D eigenvalue weighted by Crippen LogP contribution is -2.31. The summed E-state index contributed by atoms with van der Waals surface area (Å²) in [5.41, 5.74) is 2.00. The Morgan fingerprint density at radius 1 is 1.75 bits per heavy atom. The van der Waals surface area contributed by atoms with E-state index in [0.717, 1.165) is 11.3 Å². The molecule has 0 saturated heterocycles. The zero-order valence-electron chi connectivity index (χ0n) is 6.32. The molecular formula is C6H9N3O2S. The maximum absolute atomic E-state index is 10.9. The Morgan fingerprint density at radius 3 is 3.00 bits per heavy atom. The fraction of sp³-hybridized carbons (Fsp3) is 0.333. The summed E-state index contributed by atoms with van der Waals surface area (Å²) in [4.78, 5) is 21.6. The third kappa shape index (κ3) is 2.18. The molecule has 6 heteroatoms. The number of carbonyl (C=O) groups excluding carboxylic acids is 1. The molecule has 1 heterocycles. The van der Waals surface area contributed by atoms with Crippen LogP contribution in [0.15, 0.2) is 16.4 Å². The van der Waals surface area contributed by atoms with Crippen LogP contribution in [0.3, 0.4) is 0 Å². The quantitative estimate of drug-likeness (QED) is 0.373. The van der Waals surface area contributed by atoms with Gasteiger partial charge in [-0.1, -0.05) is 11.3 Å². The fourth-order valence-corrected chi connectivity index (χ4v) is 1.36. The Balaban J connectivity index is 2.49. The van der Waals surface area contributed by atoms with E-state index in [1.807, 2.05) is 5.43 Å². The minimum atomic E-state index is -0.270. The second-order valence-electron chi connectivity index (χ2n) is 2.18. The third-order valence-electron chi connectivity index (χ3n) is 1.38. The van der Waals surface area contributed by atoms with Crippen molar-refractivity contribution in [3.05, 3.63) is 21.2 Å². The molecule has 3 N–H and O–H groups in total. The van der Waals surface area contributed by atoms with Gasteiger partial charge in [0.2, 0.25) is 5.91 Å². The highest BCUT2D eigenvalue weighted by molar-refractivity contribution is 7.07. The van der Waals surface area contributed by atoms with E-state index in [1.165, 1.54) is 4.57 Å². The van der Waals surface area contributed by atoms with Crippen molar-refractivity contribution in [2.75, 3.05) is 0 Å². The van der Waals surface area contributed by atoms with Crippen molar-refractivity contribution in [3.63, 3.8) is 0 Å². The average molecular weight is 187 g/mol. The number of hydrogen-bond acceptors (Lipinski definition) is 4. The van der Waals surface area contributed by atoms with E-state index < -0.39 is 0 Å². The van der Waals surface area contributed by atoms with Crippen molar-refractivity contribution >= 4 is 17.2 Å². The molecule has 1 amide bonds. The molecule has 0 aliphatic heterocycles. The van der Waals surface area contributed by atoms with Gasteiger partial charge in [-0.25, -0.2) is 5.84 Å². The molecule has 5 nitrogen and oxygen atoms in total. The standard InChI is InChI=1S/C6H9N3O2S/c7-8-5(10)1-2-9-3-4-12-6(9)11/h3-4H,1-2,7H2,(H,8,10). The highest BCUT2D eigenvalue weighted by Crippen LogP contribution is 1.91. The zero-order chi connectivity index (χ0) is 8.97. The van der Waals surface area contributed by atoms with Crippen LogP contribution in [0.25, 0.3) is 0 Å². The Labute approximate surface area is 72.8 Å². The van der Waals surface area contributed by atoms with Gasteiger partial charge in [0.1, 0.15) is 0 Å². The van der Waals surface area contributed by atoms with Crippen LogP contribution in [0.4, 0.5) is 0 Å². The van der Waals surface area contributed by atoms with Crippen LogP contribution in [-0.2, 0) is 11.3 Å². The number of nitrogens with two attached hydrogens (primary N) is 1. The van der Waals surface area contributed by atoms with Gasteiger partial charge in [-0.3, -0.25) is 15.0 Å². The fourth-order valence-electron chi connectivity index (χ4n) is 0.751. The van der Waals surface area contributed by atoms with Crippen LogP contribution >= 0.6 is 11.3 Å². The van der Waals surface area contributed by atoms with E-state index in [4.69, 9.17) is 5.84 Å². The molecule has 0 aliphatic carbocycles. The molecule has 0 saturated carbocycles. The van der Waals surface area contributed by atoms with E-state index >= 15 is 0 Å². The largest absolute Gasteiger partial charge is 0.307 e. The molecule has 0 unspecified atom stereocenters. The van der Waals surface area contributed by atoms with Crippen molar-refractivity contribution in [1.82, 2.24) is 9.99 Å². The lowest BCUT2D eigenvalue weighted by Gasteiger charge is -1.99. The molecule has 0 spiro atoms. The first-order valence-corrected chi connectivity index (χ1v) is 4.25. The van der Waals surface area contributed by atoms with Crippen LogP contribution in [0, 0.1) is 0 Å². The number of rotatable bonds is 3. The predicted octanol–water partition coefficient (Wildman–Crippen LogP) is -0.710. The summed E-state index contributed by atoms with van der Waals surface area (Å²) in [5.74, 6) is 4.59. The molecule has 0 fully saturated rings. The summed E-state index contributed by atoms with van der Waals surface area (Å²) < 4.78 is 1.47. The normalized spacial score (nSPS) is 9.75. The number of hydrazine groups is 1. The summed E-state index contributed by atoms with van der Waals surface area (Å²) in [6, 6.07) is 0. The van der Waals surface area contributed by atoms with Crippen molar-refractivity contribution in [2.24, 2.45) is 5.84 Å². The molecule has 0 aliphatic rings. The van der Waals surface area contributed by atoms with Gasteiger partial charge < -0.3 is 4.57 Å². The van der Waals surface area contributed by atoms with Crippen LogP contribution in [0.1, 0.15) is 6.42 Å². The van der Waals surface area contributed by atoms with Crippen LogP contribution in [0.2, 0.25) is 0 Å². The van der Waals surface area contributed by atoms with E-state index in [-0.39, 0.29) is 17.2 Å². The van der Waals surface area contributed by atoms with Crippen molar-refractivity contribution in [2.45, 2.75) is 13.0 Å². The minimum absolute atomic E-state index is 0.0557. The summed E-state index contributed by atoms with van der Waals surface area (Å²) in [6.07, 6.45) is 1.88. The average Bonchev–Trinajstić information content (AvgIpc) is 2.47.